The monoisotopic (exact) mass is 558 g/mol. The first-order valence-corrected chi connectivity index (χ1v) is 14.1. The number of amides is 3. The molecule has 3 amide bonds. The number of fused-ring (bicyclic) bond motifs is 1. The van der Waals surface area contributed by atoms with Crippen molar-refractivity contribution in [3.63, 3.8) is 0 Å². The molecule has 0 unspecified atom stereocenters. The number of benzene rings is 4. The van der Waals surface area contributed by atoms with Crippen LogP contribution in [0.3, 0.4) is 0 Å². The van der Waals surface area contributed by atoms with Gasteiger partial charge in [0.2, 0.25) is 5.91 Å². The van der Waals surface area contributed by atoms with Gasteiger partial charge in [-0.1, -0.05) is 60.7 Å². The molecular weight excluding hydrogens is 536 g/mol. The summed E-state index contributed by atoms with van der Waals surface area (Å²) in [6, 6.07) is 25.4. The third-order valence-corrected chi connectivity index (χ3v) is 8.11. The lowest BCUT2D eigenvalue weighted by Crippen LogP contribution is -2.27. The van der Waals surface area contributed by atoms with Crippen molar-refractivity contribution in [2.45, 2.75) is 18.4 Å². The van der Waals surface area contributed by atoms with Crippen LogP contribution in [0.25, 0.3) is 16.8 Å². The van der Waals surface area contributed by atoms with Crippen molar-refractivity contribution in [3.8, 4) is 5.75 Å². The molecule has 39 heavy (non-hydrogen) atoms. The quantitative estimate of drug-likeness (QED) is 0.225. The predicted octanol–water partition coefficient (Wildman–Crippen LogP) is 5.80. The molecule has 0 radical (unpaired) electrons. The van der Waals surface area contributed by atoms with Crippen LogP contribution in [0.15, 0.2) is 101 Å². The van der Waals surface area contributed by atoms with Crippen LogP contribution in [0.2, 0.25) is 0 Å². The first kappa shape index (κ1) is 26.2. The third kappa shape index (κ3) is 5.71. The Hall–Kier alpha value is -4.41. The molecule has 0 aromatic heterocycles. The topological polar surface area (TPSA) is 110 Å². The summed E-state index contributed by atoms with van der Waals surface area (Å²) in [5.74, 6) is -0.745. The lowest BCUT2D eigenvalue weighted by atomic mass is 10.0. The van der Waals surface area contributed by atoms with E-state index < -0.39 is 21.3 Å². The van der Waals surface area contributed by atoms with E-state index in [2.05, 4.69) is 5.32 Å². The first-order valence-electron chi connectivity index (χ1n) is 11.8. The number of hydrogen-bond donors (Lipinski definition) is 1. The van der Waals surface area contributed by atoms with Crippen LogP contribution in [-0.4, -0.2) is 30.4 Å². The lowest BCUT2D eigenvalue weighted by Gasteiger charge is -2.14. The van der Waals surface area contributed by atoms with Crippen molar-refractivity contribution >= 4 is 61.5 Å². The zero-order valence-electron chi connectivity index (χ0n) is 20.7. The van der Waals surface area contributed by atoms with Crippen molar-refractivity contribution in [2.24, 2.45) is 0 Å². The van der Waals surface area contributed by atoms with Crippen molar-refractivity contribution in [3.05, 3.63) is 107 Å². The van der Waals surface area contributed by atoms with Gasteiger partial charge in [0.1, 0.15) is 10.6 Å². The fourth-order valence-electron chi connectivity index (χ4n) is 4.13. The average Bonchev–Trinajstić information content (AvgIpc) is 3.17. The Morgan fingerprint density at radius 3 is 2.38 bits per heavy atom. The SMILES string of the molecule is CC(=O)Nc1ccc(S(=O)(=O)Oc2ccccc2/C=C2\SC(=O)N(Cc3cccc4ccccc34)C2=O)cc1. The Balaban J connectivity index is 1.38. The van der Waals surface area contributed by atoms with Gasteiger partial charge in [0, 0.05) is 18.2 Å². The van der Waals surface area contributed by atoms with Crippen LogP contribution >= 0.6 is 11.8 Å². The van der Waals surface area contributed by atoms with E-state index in [1.165, 1.54) is 48.2 Å². The van der Waals surface area contributed by atoms with Crippen molar-refractivity contribution in [2.75, 3.05) is 5.32 Å². The molecule has 0 saturated carbocycles. The van der Waals surface area contributed by atoms with Crippen LogP contribution in [0.5, 0.6) is 5.75 Å². The number of hydrogen-bond acceptors (Lipinski definition) is 7. The summed E-state index contributed by atoms with van der Waals surface area (Å²) >= 11 is 0.790. The molecule has 0 atom stereocenters. The molecule has 0 aliphatic carbocycles. The van der Waals surface area contributed by atoms with Crippen LogP contribution in [-0.2, 0) is 26.3 Å². The minimum absolute atomic E-state index is 0.00397. The van der Waals surface area contributed by atoms with E-state index in [4.69, 9.17) is 4.18 Å². The van der Waals surface area contributed by atoms with Crippen LogP contribution < -0.4 is 9.50 Å². The number of nitrogens with one attached hydrogen (secondary N) is 1. The molecule has 0 bridgehead atoms. The Bertz CT molecular complexity index is 1740. The van der Waals surface area contributed by atoms with Crippen LogP contribution in [0.1, 0.15) is 18.1 Å². The standard InChI is InChI=1S/C29H22N2O6S2/c1-19(32)30-23-13-15-24(16-14-23)39(35,36)37-26-12-5-3-8-21(26)17-27-28(33)31(29(34)38-27)18-22-10-6-9-20-7-2-4-11-25(20)22/h2-17H,18H2,1H3,(H,30,32)/b27-17-. The predicted molar refractivity (Wildman–Crippen MR) is 150 cm³/mol. The average molecular weight is 559 g/mol. The van der Waals surface area contributed by atoms with E-state index in [1.54, 1.807) is 18.2 Å². The summed E-state index contributed by atoms with van der Waals surface area (Å²) in [5, 5.41) is 4.12. The van der Waals surface area contributed by atoms with Gasteiger partial charge in [-0.05, 0) is 64.5 Å². The molecule has 196 valence electrons. The molecule has 1 heterocycles. The van der Waals surface area contributed by atoms with Crippen LogP contribution in [0.4, 0.5) is 10.5 Å². The fraction of sp³-hybridized carbons (Fsp3) is 0.0690. The zero-order valence-corrected chi connectivity index (χ0v) is 22.3. The van der Waals surface area contributed by atoms with Gasteiger partial charge in [-0.3, -0.25) is 19.3 Å². The summed E-state index contributed by atoms with van der Waals surface area (Å²) in [7, 11) is -4.22. The summed E-state index contributed by atoms with van der Waals surface area (Å²) in [6.45, 7) is 1.47. The van der Waals surface area contributed by atoms with Gasteiger partial charge in [0.25, 0.3) is 11.1 Å². The van der Waals surface area contributed by atoms with Crippen molar-refractivity contribution < 1.29 is 27.0 Å². The highest BCUT2D eigenvalue weighted by Gasteiger charge is 2.35. The Labute approximate surface area is 229 Å². The maximum atomic E-state index is 13.2. The van der Waals surface area contributed by atoms with E-state index >= 15 is 0 Å². The molecule has 4 aromatic rings. The molecular formula is C29H22N2O6S2. The van der Waals surface area contributed by atoms with Crippen molar-refractivity contribution in [1.29, 1.82) is 0 Å². The van der Waals surface area contributed by atoms with Gasteiger partial charge in [-0.15, -0.1) is 0 Å². The molecule has 0 spiro atoms. The molecule has 10 heteroatoms. The van der Waals surface area contributed by atoms with Gasteiger partial charge in [-0.2, -0.15) is 8.42 Å². The molecule has 1 aliphatic rings. The third-order valence-electron chi connectivity index (χ3n) is 5.95. The number of anilines is 1. The van der Waals surface area contributed by atoms with Crippen molar-refractivity contribution in [1.82, 2.24) is 4.90 Å². The maximum Gasteiger partial charge on any atom is 0.339 e. The van der Waals surface area contributed by atoms with E-state index in [1.807, 2.05) is 42.5 Å². The minimum atomic E-state index is -4.22. The number of nitrogens with zero attached hydrogens (tertiary/aromatic N) is 1. The van der Waals surface area contributed by atoms with Gasteiger partial charge in [0.15, 0.2) is 0 Å². The van der Waals surface area contributed by atoms with Gasteiger partial charge in [0.05, 0.1) is 11.4 Å². The summed E-state index contributed by atoms with van der Waals surface area (Å²) in [5.41, 5.74) is 1.61. The minimum Gasteiger partial charge on any atom is -0.378 e. The maximum absolute atomic E-state index is 13.2. The molecule has 1 saturated heterocycles. The Kier molecular flexibility index (Phi) is 7.23. The largest absolute Gasteiger partial charge is 0.378 e. The summed E-state index contributed by atoms with van der Waals surface area (Å²) < 4.78 is 31.3. The second kappa shape index (κ2) is 10.8. The van der Waals surface area contributed by atoms with Gasteiger partial charge >= 0.3 is 10.1 Å². The molecule has 1 fully saturated rings. The van der Waals surface area contributed by atoms with Gasteiger partial charge < -0.3 is 9.50 Å². The molecule has 5 rings (SSSR count). The number of carbonyl (C=O) groups is 3. The highest BCUT2D eigenvalue weighted by atomic mass is 32.2. The number of thioether (sulfide) groups is 1. The van der Waals surface area contributed by atoms with E-state index in [0.717, 1.165) is 28.1 Å². The highest BCUT2D eigenvalue weighted by Crippen LogP contribution is 2.36. The molecule has 1 N–H and O–H groups in total. The first-order chi connectivity index (χ1) is 18.7. The number of imide groups is 1. The molecule has 8 nitrogen and oxygen atoms in total. The Morgan fingerprint density at radius 1 is 0.923 bits per heavy atom. The zero-order chi connectivity index (χ0) is 27.6. The molecule has 4 aromatic carbocycles. The summed E-state index contributed by atoms with van der Waals surface area (Å²) in [4.78, 5) is 38.4. The van der Waals surface area contributed by atoms with E-state index in [9.17, 15) is 22.8 Å². The second-order valence-electron chi connectivity index (χ2n) is 8.69. The highest BCUT2D eigenvalue weighted by molar-refractivity contribution is 8.18. The summed E-state index contributed by atoms with van der Waals surface area (Å²) in [6.07, 6.45) is 1.46. The van der Waals surface area contributed by atoms with Gasteiger partial charge in [-0.25, -0.2) is 0 Å². The van der Waals surface area contributed by atoms with E-state index in [0.29, 0.717) is 11.3 Å². The lowest BCUT2D eigenvalue weighted by molar-refractivity contribution is -0.123. The second-order valence-corrected chi connectivity index (χ2v) is 11.2. The fourth-order valence-corrected chi connectivity index (χ4v) is 5.91. The van der Waals surface area contributed by atoms with E-state index in [-0.39, 0.29) is 28.0 Å². The normalized spacial score (nSPS) is 14.7. The number of para-hydroxylation sites is 1. The number of carbonyl (C=O) groups excluding carboxylic acids is 3. The molecule has 1 aliphatic heterocycles. The number of rotatable bonds is 7. The smallest absolute Gasteiger partial charge is 0.339 e. The van der Waals surface area contributed by atoms with Crippen LogP contribution in [0, 0.1) is 0 Å². The Morgan fingerprint density at radius 2 is 1.62 bits per heavy atom.